The average Bonchev–Trinajstić information content (AvgIpc) is 2.43. The van der Waals surface area contributed by atoms with Crippen molar-refractivity contribution < 1.29 is 19.6 Å². The van der Waals surface area contributed by atoms with Gasteiger partial charge in [0.15, 0.2) is 0 Å². The summed E-state index contributed by atoms with van der Waals surface area (Å²) in [7, 11) is 0. The van der Waals surface area contributed by atoms with Gasteiger partial charge in [0.25, 0.3) is 5.69 Å². The quantitative estimate of drug-likeness (QED) is 0.532. The van der Waals surface area contributed by atoms with Gasteiger partial charge >= 0.3 is 5.97 Å². The van der Waals surface area contributed by atoms with Crippen LogP contribution in [0.15, 0.2) is 30.3 Å². The number of fused-ring (bicyclic) bond motifs is 1. The number of carbonyl (C=O) groups is 1. The Bertz CT molecular complexity index is 746. The highest BCUT2D eigenvalue weighted by atomic mass is 16.6. The largest absolute Gasteiger partial charge is 0.507 e. The molecule has 2 aromatic carbocycles. The molecule has 0 saturated carbocycles. The third kappa shape index (κ3) is 3.16. The van der Waals surface area contributed by atoms with Crippen LogP contribution in [0.25, 0.3) is 10.8 Å². The van der Waals surface area contributed by atoms with Crippen LogP contribution >= 0.6 is 0 Å². The second kappa shape index (κ2) is 5.63. The van der Waals surface area contributed by atoms with Crippen molar-refractivity contribution in [2.24, 2.45) is 5.41 Å². The fraction of sp³-hybridized carbons (Fsp3) is 0.312. The molecule has 0 aliphatic heterocycles. The van der Waals surface area contributed by atoms with E-state index in [1.165, 1.54) is 12.1 Å². The molecule has 0 spiro atoms. The van der Waals surface area contributed by atoms with E-state index in [0.29, 0.717) is 16.3 Å². The van der Waals surface area contributed by atoms with Crippen LogP contribution in [0.1, 0.15) is 26.3 Å². The van der Waals surface area contributed by atoms with Crippen molar-refractivity contribution in [3.63, 3.8) is 0 Å². The number of nitrogens with zero attached hydrogens (tertiary/aromatic N) is 1. The predicted octanol–water partition coefficient (Wildman–Crippen LogP) is 3.54. The van der Waals surface area contributed by atoms with Crippen LogP contribution in [-0.2, 0) is 16.1 Å². The molecule has 6 heteroatoms. The van der Waals surface area contributed by atoms with Gasteiger partial charge in [-0.2, -0.15) is 0 Å². The first kappa shape index (κ1) is 15.8. The molecule has 2 aromatic rings. The molecule has 0 amide bonds. The lowest BCUT2D eigenvalue weighted by molar-refractivity contribution is -0.385. The zero-order valence-corrected chi connectivity index (χ0v) is 12.6. The molecular formula is C16H17NO5. The average molecular weight is 303 g/mol. The number of carbonyl (C=O) groups excluding carboxylic acids is 1. The maximum atomic E-state index is 11.8. The molecular weight excluding hydrogens is 286 g/mol. The minimum Gasteiger partial charge on any atom is -0.507 e. The van der Waals surface area contributed by atoms with Crippen LogP contribution in [-0.4, -0.2) is 16.0 Å². The topological polar surface area (TPSA) is 89.7 Å². The maximum absolute atomic E-state index is 11.8. The molecule has 6 nitrogen and oxygen atoms in total. The smallest absolute Gasteiger partial charge is 0.311 e. The number of nitro benzene ring substituents is 1. The molecule has 0 aliphatic rings. The first-order chi connectivity index (χ1) is 10.2. The number of ether oxygens (including phenoxy) is 1. The number of nitro groups is 1. The number of phenolic OH excluding ortho intramolecular Hbond substituents is 1. The summed E-state index contributed by atoms with van der Waals surface area (Å²) in [5.74, 6) is -0.461. The first-order valence-corrected chi connectivity index (χ1v) is 6.76. The summed E-state index contributed by atoms with van der Waals surface area (Å²) >= 11 is 0. The molecule has 116 valence electrons. The van der Waals surface area contributed by atoms with Crippen molar-refractivity contribution in [1.29, 1.82) is 0 Å². The number of aromatic hydroxyl groups is 1. The van der Waals surface area contributed by atoms with Crippen molar-refractivity contribution in [2.75, 3.05) is 0 Å². The summed E-state index contributed by atoms with van der Waals surface area (Å²) in [6, 6.07) is 7.70. The summed E-state index contributed by atoms with van der Waals surface area (Å²) in [5.41, 5.74) is -0.569. The van der Waals surface area contributed by atoms with E-state index in [0.717, 1.165) is 0 Å². The summed E-state index contributed by atoms with van der Waals surface area (Å²) in [5, 5.41) is 22.0. The number of hydrogen-bond acceptors (Lipinski definition) is 5. The van der Waals surface area contributed by atoms with Crippen LogP contribution < -0.4 is 0 Å². The molecule has 0 fully saturated rings. The molecule has 0 saturated heterocycles. The van der Waals surface area contributed by atoms with Crippen molar-refractivity contribution in [1.82, 2.24) is 0 Å². The van der Waals surface area contributed by atoms with Gasteiger partial charge in [0.1, 0.15) is 12.4 Å². The molecule has 1 N–H and O–H groups in total. The van der Waals surface area contributed by atoms with E-state index >= 15 is 0 Å². The third-order valence-corrected chi connectivity index (χ3v) is 3.22. The van der Waals surface area contributed by atoms with E-state index in [2.05, 4.69) is 0 Å². The summed E-state index contributed by atoms with van der Waals surface area (Å²) in [6.45, 7) is 4.95. The minimum absolute atomic E-state index is 0.0289. The Morgan fingerprint density at radius 2 is 2.00 bits per heavy atom. The SMILES string of the molecule is CC(C)(C)C(=O)OCc1cc2cccc(O)c2cc1[N+](=O)[O-]. The minimum atomic E-state index is -0.677. The van der Waals surface area contributed by atoms with Gasteiger partial charge in [-0.25, -0.2) is 0 Å². The van der Waals surface area contributed by atoms with Gasteiger partial charge in [-0.05, 0) is 38.3 Å². The van der Waals surface area contributed by atoms with Crippen LogP contribution in [0, 0.1) is 15.5 Å². The van der Waals surface area contributed by atoms with Crippen molar-refractivity contribution in [2.45, 2.75) is 27.4 Å². The van der Waals surface area contributed by atoms with Crippen molar-refractivity contribution in [3.8, 4) is 5.75 Å². The van der Waals surface area contributed by atoms with Gasteiger partial charge in [0.05, 0.1) is 15.9 Å². The van der Waals surface area contributed by atoms with Crippen LogP contribution in [0.5, 0.6) is 5.75 Å². The lowest BCUT2D eigenvalue weighted by Gasteiger charge is -2.16. The highest BCUT2D eigenvalue weighted by Crippen LogP contribution is 2.32. The van der Waals surface area contributed by atoms with Gasteiger partial charge in [-0.15, -0.1) is 0 Å². The van der Waals surface area contributed by atoms with Gasteiger partial charge in [0.2, 0.25) is 0 Å². The fourth-order valence-electron chi connectivity index (χ4n) is 1.99. The number of rotatable bonds is 3. The Morgan fingerprint density at radius 1 is 1.32 bits per heavy atom. The van der Waals surface area contributed by atoms with E-state index in [4.69, 9.17) is 4.74 Å². The van der Waals surface area contributed by atoms with E-state index in [1.807, 2.05) is 0 Å². The van der Waals surface area contributed by atoms with Crippen LogP contribution in [0.4, 0.5) is 5.69 Å². The van der Waals surface area contributed by atoms with E-state index in [1.54, 1.807) is 39.0 Å². The highest BCUT2D eigenvalue weighted by molar-refractivity contribution is 5.91. The Morgan fingerprint density at radius 3 is 2.59 bits per heavy atom. The zero-order chi connectivity index (χ0) is 16.5. The van der Waals surface area contributed by atoms with E-state index in [9.17, 15) is 20.0 Å². The molecule has 0 aliphatic carbocycles. The number of hydrogen-bond donors (Lipinski definition) is 1. The second-order valence-corrected chi connectivity index (χ2v) is 6.06. The van der Waals surface area contributed by atoms with Gasteiger partial charge in [0, 0.05) is 11.5 Å². The Balaban J connectivity index is 2.42. The predicted molar refractivity (Wildman–Crippen MR) is 81.5 cm³/mol. The molecule has 0 atom stereocenters. The highest BCUT2D eigenvalue weighted by Gasteiger charge is 2.24. The Labute approximate surface area is 127 Å². The lowest BCUT2D eigenvalue weighted by Crippen LogP contribution is -2.22. The summed E-state index contributed by atoms with van der Waals surface area (Å²) in [6.07, 6.45) is 0. The standard InChI is InChI=1S/C16H17NO5/c1-16(2,3)15(19)22-9-11-7-10-5-4-6-14(18)12(10)8-13(11)17(20)21/h4-8,18H,9H2,1-3H3. The summed E-state index contributed by atoms with van der Waals surface area (Å²) in [4.78, 5) is 22.5. The molecule has 0 bridgehead atoms. The van der Waals surface area contributed by atoms with Gasteiger partial charge in [-0.1, -0.05) is 12.1 Å². The number of benzene rings is 2. The van der Waals surface area contributed by atoms with Crippen molar-refractivity contribution >= 4 is 22.4 Å². The first-order valence-electron chi connectivity index (χ1n) is 6.76. The maximum Gasteiger partial charge on any atom is 0.311 e. The van der Waals surface area contributed by atoms with Crippen LogP contribution in [0.2, 0.25) is 0 Å². The van der Waals surface area contributed by atoms with Crippen molar-refractivity contribution in [3.05, 3.63) is 46.0 Å². The second-order valence-electron chi connectivity index (χ2n) is 6.06. The van der Waals surface area contributed by atoms with Crippen LogP contribution in [0.3, 0.4) is 0 Å². The molecule has 0 radical (unpaired) electrons. The molecule has 0 heterocycles. The third-order valence-electron chi connectivity index (χ3n) is 3.22. The van der Waals surface area contributed by atoms with Gasteiger partial charge in [-0.3, -0.25) is 14.9 Å². The number of phenols is 1. The Kier molecular flexibility index (Phi) is 4.03. The summed E-state index contributed by atoms with van der Waals surface area (Å²) < 4.78 is 5.16. The molecule has 2 rings (SSSR count). The lowest BCUT2D eigenvalue weighted by atomic mass is 9.97. The van der Waals surface area contributed by atoms with E-state index < -0.39 is 16.3 Å². The zero-order valence-electron chi connectivity index (χ0n) is 12.6. The monoisotopic (exact) mass is 303 g/mol. The fourth-order valence-corrected chi connectivity index (χ4v) is 1.99. The van der Waals surface area contributed by atoms with Gasteiger partial charge < -0.3 is 9.84 Å². The molecule has 22 heavy (non-hydrogen) atoms. The van der Waals surface area contributed by atoms with E-state index in [-0.39, 0.29) is 18.0 Å². The number of esters is 1. The normalized spacial score (nSPS) is 11.4. The molecule has 0 unspecified atom stereocenters. The molecule has 0 aromatic heterocycles. The Hall–Kier alpha value is -2.63.